The van der Waals surface area contributed by atoms with E-state index < -0.39 is 21.0 Å². The van der Waals surface area contributed by atoms with E-state index in [4.69, 9.17) is 11.6 Å². The molecule has 1 N–H and O–H groups in total. The quantitative estimate of drug-likeness (QED) is 0.905. The maximum Gasteiger partial charge on any atom is 0.238 e. The zero-order chi connectivity index (χ0) is 13.3. The molecular formula is C11H14ClNO3S2. The van der Waals surface area contributed by atoms with Gasteiger partial charge in [-0.05, 0) is 31.9 Å². The second kappa shape index (κ2) is 5.19. The summed E-state index contributed by atoms with van der Waals surface area (Å²) in [6, 6.07) is 3.51. The molecule has 18 heavy (non-hydrogen) atoms. The Bertz CT molecular complexity index is 548. The monoisotopic (exact) mass is 307 g/mol. The van der Waals surface area contributed by atoms with Crippen molar-refractivity contribution in [3.8, 4) is 0 Å². The molecule has 0 unspecified atom stereocenters. The van der Waals surface area contributed by atoms with Crippen LogP contribution in [-0.2, 0) is 20.4 Å². The van der Waals surface area contributed by atoms with Gasteiger partial charge in [0.2, 0.25) is 5.91 Å². The van der Waals surface area contributed by atoms with Gasteiger partial charge in [0.1, 0.15) is 5.25 Å². The summed E-state index contributed by atoms with van der Waals surface area (Å²) < 4.78 is 24.7. The van der Waals surface area contributed by atoms with Crippen LogP contribution in [0.2, 0.25) is 4.34 Å². The van der Waals surface area contributed by atoms with Crippen molar-refractivity contribution >= 4 is 38.7 Å². The number of carbonyl (C=O) groups excluding carboxylic acids is 1. The minimum atomic E-state index is -3.48. The fraction of sp³-hybridized carbons (Fsp3) is 0.545. The van der Waals surface area contributed by atoms with Crippen LogP contribution in [0.5, 0.6) is 0 Å². The van der Waals surface area contributed by atoms with Crippen LogP contribution in [0, 0.1) is 0 Å². The van der Waals surface area contributed by atoms with Gasteiger partial charge in [0.05, 0.1) is 10.1 Å². The molecule has 1 aromatic rings. The third-order valence-corrected chi connectivity index (χ3v) is 6.22. The fourth-order valence-corrected chi connectivity index (χ4v) is 4.21. The van der Waals surface area contributed by atoms with Crippen LogP contribution in [0.15, 0.2) is 12.1 Å². The van der Waals surface area contributed by atoms with Gasteiger partial charge in [-0.1, -0.05) is 11.6 Å². The lowest BCUT2D eigenvalue weighted by Crippen LogP contribution is -2.39. The molecular weight excluding hydrogens is 294 g/mol. The minimum Gasteiger partial charge on any atom is -0.352 e. The Kier molecular flexibility index (Phi) is 3.99. The lowest BCUT2D eigenvalue weighted by Gasteiger charge is -2.12. The average molecular weight is 308 g/mol. The van der Waals surface area contributed by atoms with Crippen LogP contribution in [0.1, 0.15) is 24.6 Å². The number of sulfone groups is 1. The SMILES string of the molecule is C[C@H](C(=O)NC1CC1)S(=O)(=O)Cc1ccc(Cl)s1. The Morgan fingerprint density at radius 1 is 1.56 bits per heavy atom. The molecule has 0 spiro atoms. The third kappa shape index (κ3) is 3.46. The van der Waals surface area contributed by atoms with Crippen molar-refractivity contribution < 1.29 is 13.2 Å². The minimum absolute atomic E-state index is 0.135. The van der Waals surface area contributed by atoms with E-state index in [9.17, 15) is 13.2 Å². The van der Waals surface area contributed by atoms with Crippen molar-refractivity contribution in [2.75, 3.05) is 0 Å². The third-order valence-electron chi connectivity index (χ3n) is 2.80. The van der Waals surface area contributed by atoms with Crippen LogP contribution in [0.25, 0.3) is 0 Å². The molecule has 0 aromatic carbocycles. The maximum absolute atomic E-state index is 12.1. The largest absolute Gasteiger partial charge is 0.352 e. The predicted octanol–water partition coefficient (Wildman–Crippen LogP) is 1.98. The molecule has 1 atom stereocenters. The normalized spacial score (nSPS) is 17.4. The van der Waals surface area contributed by atoms with Crippen LogP contribution in [0.3, 0.4) is 0 Å². The average Bonchev–Trinajstić information content (AvgIpc) is 3.00. The Morgan fingerprint density at radius 2 is 2.22 bits per heavy atom. The maximum atomic E-state index is 12.1. The second-order valence-corrected chi connectivity index (χ2v) is 8.56. The van der Waals surface area contributed by atoms with Crippen molar-refractivity contribution in [1.82, 2.24) is 5.32 Å². The molecule has 1 aliphatic carbocycles. The zero-order valence-corrected chi connectivity index (χ0v) is 12.2. The van der Waals surface area contributed by atoms with E-state index in [0.717, 1.165) is 12.8 Å². The Hall–Kier alpha value is -0.590. The van der Waals surface area contributed by atoms with E-state index in [1.807, 2.05) is 0 Å². The molecule has 0 aliphatic heterocycles. The summed E-state index contributed by atoms with van der Waals surface area (Å²) >= 11 is 6.98. The summed E-state index contributed by atoms with van der Waals surface area (Å²) in [5.41, 5.74) is 0. The molecule has 1 aliphatic rings. The van der Waals surface area contributed by atoms with E-state index in [2.05, 4.69) is 5.32 Å². The number of halogens is 1. The Labute approximate surface area is 115 Å². The van der Waals surface area contributed by atoms with Crippen LogP contribution < -0.4 is 5.32 Å². The molecule has 0 bridgehead atoms. The molecule has 0 radical (unpaired) electrons. The molecule has 1 amide bonds. The summed E-state index contributed by atoms with van der Waals surface area (Å²) in [6.45, 7) is 1.43. The number of thiophene rings is 1. The van der Waals surface area contributed by atoms with Gasteiger partial charge in [0, 0.05) is 10.9 Å². The molecule has 100 valence electrons. The molecule has 1 fully saturated rings. The predicted molar refractivity (Wildman–Crippen MR) is 72.6 cm³/mol. The van der Waals surface area contributed by atoms with Gasteiger partial charge in [-0.25, -0.2) is 8.42 Å². The lowest BCUT2D eigenvalue weighted by atomic mass is 10.4. The van der Waals surface area contributed by atoms with Crippen molar-refractivity contribution in [2.45, 2.75) is 36.8 Å². The highest BCUT2D eigenvalue weighted by Crippen LogP contribution is 2.25. The van der Waals surface area contributed by atoms with Crippen molar-refractivity contribution in [3.05, 3.63) is 21.3 Å². The van der Waals surface area contributed by atoms with Gasteiger partial charge >= 0.3 is 0 Å². The molecule has 4 nitrogen and oxygen atoms in total. The molecule has 7 heteroatoms. The van der Waals surface area contributed by atoms with E-state index in [-0.39, 0.29) is 11.8 Å². The molecule has 0 saturated heterocycles. The van der Waals surface area contributed by atoms with Gasteiger partial charge in [-0.3, -0.25) is 4.79 Å². The molecule has 2 rings (SSSR count). The van der Waals surface area contributed by atoms with Crippen molar-refractivity contribution in [2.24, 2.45) is 0 Å². The molecule has 1 heterocycles. The second-order valence-electron chi connectivity index (χ2n) is 4.44. The number of carbonyl (C=O) groups is 1. The summed E-state index contributed by atoms with van der Waals surface area (Å²) in [5.74, 6) is -0.538. The first-order valence-corrected chi connectivity index (χ1v) is 8.55. The number of rotatable bonds is 5. The Morgan fingerprint density at radius 3 is 2.72 bits per heavy atom. The van der Waals surface area contributed by atoms with Gasteiger partial charge in [-0.2, -0.15) is 0 Å². The van der Waals surface area contributed by atoms with E-state index >= 15 is 0 Å². The summed E-state index contributed by atoms with van der Waals surface area (Å²) in [4.78, 5) is 12.4. The fourth-order valence-electron chi connectivity index (χ4n) is 1.46. The first-order chi connectivity index (χ1) is 8.38. The topological polar surface area (TPSA) is 63.2 Å². The summed E-state index contributed by atoms with van der Waals surface area (Å²) in [7, 11) is -3.48. The van der Waals surface area contributed by atoms with Crippen molar-refractivity contribution in [3.63, 3.8) is 0 Å². The molecule has 1 saturated carbocycles. The van der Waals surface area contributed by atoms with Crippen LogP contribution in [-0.4, -0.2) is 25.6 Å². The highest BCUT2D eigenvalue weighted by Gasteiger charge is 2.32. The smallest absolute Gasteiger partial charge is 0.238 e. The number of hydrogen-bond acceptors (Lipinski definition) is 4. The van der Waals surface area contributed by atoms with Gasteiger partial charge in [-0.15, -0.1) is 11.3 Å². The number of nitrogens with one attached hydrogen (secondary N) is 1. The molecule has 1 aromatic heterocycles. The summed E-state index contributed by atoms with van der Waals surface area (Å²) in [5, 5.41) is 1.70. The highest BCUT2D eigenvalue weighted by atomic mass is 35.5. The van der Waals surface area contributed by atoms with Gasteiger partial charge in [0.15, 0.2) is 9.84 Å². The van der Waals surface area contributed by atoms with E-state index in [1.165, 1.54) is 18.3 Å². The standard InChI is InChI=1S/C11H14ClNO3S2/c1-7(11(14)13-8-2-3-8)18(15,16)6-9-4-5-10(12)17-9/h4-5,7-8H,2-3,6H2,1H3,(H,13,14)/t7-/m1/s1. The number of amides is 1. The lowest BCUT2D eigenvalue weighted by molar-refractivity contribution is -0.120. The number of hydrogen-bond donors (Lipinski definition) is 1. The van der Waals surface area contributed by atoms with E-state index in [0.29, 0.717) is 9.21 Å². The van der Waals surface area contributed by atoms with Gasteiger partial charge in [0.25, 0.3) is 0 Å². The first-order valence-electron chi connectivity index (χ1n) is 5.64. The summed E-state index contributed by atoms with van der Waals surface area (Å²) in [6.07, 6.45) is 1.89. The highest BCUT2D eigenvalue weighted by molar-refractivity contribution is 7.92. The van der Waals surface area contributed by atoms with Crippen molar-refractivity contribution in [1.29, 1.82) is 0 Å². The van der Waals surface area contributed by atoms with Gasteiger partial charge < -0.3 is 5.32 Å². The zero-order valence-electron chi connectivity index (χ0n) is 9.85. The van der Waals surface area contributed by atoms with Crippen LogP contribution >= 0.6 is 22.9 Å². The first kappa shape index (κ1) is 13.8. The van der Waals surface area contributed by atoms with Crippen LogP contribution in [0.4, 0.5) is 0 Å². The van der Waals surface area contributed by atoms with E-state index in [1.54, 1.807) is 12.1 Å². The Balaban J connectivity index is 2.02.